The fourth-order valence-electron chi connectivity index (χ4n) is 1.86. The molecule has 0 aliphatic carbocycles. The Bertz CT molecular complexity index is 644. The van der Waals surface area contributed by atoms with Crippen molar-refractivity contribution in [1.82, 2.24) is 4.98 Å². The molecule has 1 atom stereocenters. The molecule has 0 amide bonds. The molecular weight excluding hydrogens is 285 g/mol. The molecule has 2 rings (SSSR count). The van der Waals surface area contributed by atoms with Crippen molar-refractivity contribution in [3.05, 3.63) is 53.3 Å². The van der Waals surface area contributed by atoms with Crippen LogP contribution in [0.4, 0.5) is 18.9 Å². The van der Waals surface area contributed by atoms with E-state index in [0.717, 1.165) is 18.2 Å². The molecule has 0 radical (unpaired) electrons. The highest BCUT2D eigenvalue weighted by atomic mass is 19.4. The van der Waals surface area contributed by atoms with Gasteiger partial charge in [0.25, 0.3) is 0 Å². The Kier molecular flexibility index (Phi) is 4.04. The predicted octanol–water partition coefficient (Wildman–Crippen LogP) is 2.77. The Morgan fingerprint density at radius 2 is 1.95 bits per heavy atom. The number of nitrogen functional groups attached to an aromatic ring is 1. The summed E-state index contributed by atoms with van der Waals surface area (Å²) < 4.78 is 43.2. The Hall–Kier alpha value is -2.28. The molecule has 112 valence electrons. The van der Waals surface area contributed by atoms with Gasteiger partial charge in [0.05, 0.1) is 18.9 Å². The predicted molar refractivity (Wildman–Crippen MR) is 70.7 cm³/mol. The van der Waals surface area contributed by atoms with Gasteiger partial charge in [0.15, 0.2) is 0 Å². The van der Waals surface area contributed by atoms with Crippen molar-refractivity contribution >= 4 is 5.69 Å². The van der Waals surface area contributed by atoms with Gasteiger partial charge in [0, 0.05) is 23.0 Å². The summed E-state index contributed by atoms with van der Waals surface area (Å²) in [6.07, 6.45) is -3.07. The molecule has 1 aromatic carbocycles. The van der Waals surface area contributed by atoms with Crippen LogP contribution in [0.3, 0.4) is 0 Å². The number of halogens is 3. The van der Waals surface area contributed by atoms with Gasteiger partial charge in [-0.05, 0) is 24.3 Å². The van der Waals surface area contributed by atoms with Crippen LogP contribution in [0, 0.1) is 0 Å². The third-order valence-electron chi connectivity index (χ3n) is 2.99. The summed E-state index contributed by atoms with van der Waals surface area (Å²) in [6.45, 7) is 0. The maximum atomic E-state index is 12.7. The molecule has 2 aromatic rings. The minimum Gasteiger partial charge on any atom is -0.495 e. The van der Waals surface area contributed by atoms with Gasteiger partial charge >= 0.3 is 6.18 Å². The molecule has 0 fully saturated rings. The number of alkyl halides is 3. The van der Waals surface area contributed by atoms with Crippen molar-refractivity contribution in [2.75, 3.05) is 12.8 Å². The summed E-state index contributed by atoms with van der Waals surface area (Å²) in [5.41, 5.74) is 5.12. The van der Waals surface area contributed by atoms with E-state index in [1.165, 1.54) is 25.6 Å². The summed E-state index contributed by atoms with van der Waals surface area (Å²) in [5, 5.41) is 10.2. The molecule has 7 heteroatoms. The average Bonchev–Trinajstić information content (AvgIpc) is 2.46. The minimum atomic E-state index is -4.51. The molecule has 1 heterocycles. The Balaban J connectivity index is 2.44. The maximum Gasteiger partial charge on any atom is 0.416 e. The molecule has 1 aromatic heterocycles. The molecule has 0 bridgehead atoms. The van der Waals surface area contributed by atoms with Gasteiger partial charge < -0.3 is 15.6 Å². The number of hydrogen-bond acceptors (Lipinski definition) is 4. The van der Waals surface area contributed by atoms with Crippen LogP contribution in [0.5, 0.6) is 5.75 Å². The second kappa shape index (κ2) is 5.61. The molecule has 3 N–H and O–H groups in total. The first-order chi connectivity index (χ1) is 9.82. The summed E-state index contributed by atoms with van der Waals surface area (Å²) in [4.78, 5) is 3.85. The van der Waals surface area contributed by atoms with E-state index >= 15 is 0 Å². The molecule has 4 nitrogen and oxygen atoms in total. The largest absolute Gasteiger partial charge is 0.495 e. The van der Waals surface area contributed by atoms with Crippen molar-refractivity contribution in [2.24, 2.45) is 0 Å². The van der Waals surface area contributed by atoms with Crippen LogP contribution in [-0.2, 0) is 6.18 Å². The first kappa shape index (κ1) is 15.1. The van der Waals surface area contributed by atoms with Crippen molar-refractivity contribution in [3.8, 4) is 5.75 Å². The zero-order valence-corrected chi connectivity index (χ0v) is 11.1. The molecule has 0 aliphatic heterocycles. The maximum absolute atomic E-state index is 12.7. The quantitative estimate of drug-likeness (QED) is 0.855. The van der Waals surface area contributed by atoms with Gasteiger partial charge in [-0.1, -0.05) is 0 Å². The highest BCUT2D eigenvalue weighted by Gasteiger charge is 2.31. The summed E-state index contributed by atoms with van der Waals surface area (Å²) in [6, 6.07) is 4.31. The smallest absolute Gasteiger partial charge is 0.416 e. The van der Waals surface area contributed by atoms with E-state index in [2.05, 4.69) is 4.98 Å². The van der Waals surface area contributed by atoms with Crippen LogP contribution < -0.4 is 10.5 Å². The minimum absolute atomic E-state index is 0.0279. The zero-order valence-electron chi connectivity index (χ0n) is 11.1. The van der Waals surface area contributed by atoms with Crippen LogP contribution in [0.1, 0.15) is 22.8 Å². The summed E-state index contributed by atoms with van der Waals surface area (Å²) in [5.74, 6) is 0.386. The summed E-state index contributed by atoms with van der Waals surface area (Å²) in [7, 11) is 1.42. The lowest BCUT2D eigenvalue weighted by atomic mass is 9.99. The Morgan fingerprint density at radius 3 is 2.57 bits per heavy atom. The molecule has 0 aliphatic rings. The number of ether oxygens (including phenoxy) is 1. The van der Waals surface area contributed by atoms with E-state index in [1.54, 1.807) is 0 Å². The van der Waals surface area contributed by atoms with Crippen LogP contribution >= 0.6 is 0 Å². The van der Waals surface area contributed by atoms with Gasteiger partial charge in [-0.25, -0.2) is 0 Å². The van der Waals surface area contributed by atoms with Gasteiger partial charge in [0.1, 0.15) is 11.9 Å². The van der Waals surface area contributed by atoms with E-state index in [0.29, 0.717) is 11.3 Å². The number of aliphatic hydroxyl groups excluding tert-OH is 1. The normalized spacial score (nSPS) is 13.0. The van der Waals surface area contributed by atoms with Gasteiger partial charge in [-0.15, -0.1) is 0 Å². The molecule has 0 saturated carbocycles. The lowest BCUT2D eigenvalue weighted by Gasteiger charge is -2.16. The number of rotatable bonds is 3. The molecule has 21 heavy (non-hydrogen) atoms. The van der Waals surface area contributed by atoms with Crippen LogP contribution in [0.15, 0.2) is 36.7 Å². The molecule has 0 saturated heterocycles. The van der Waals surface area contributed by atoms with Crippen molar-refractivity contribution in [1.29, 1.82) is 0 Å². The van der Waals surface area contributed by atoms with Crippen molar-refractivity contribution < 1.29 is 23.0 Å². The highest BCUT2D eigenvalue weighted by molar-refractivity contribution is 5.52. The van der Waals surface area contributed by atoms with E-state index in [-0.39, 0.29) is 11.3 Å². The van der Waals surface area contributed by atoms with Gasteiger partial charge in [-0.2, -0.15) is 13.2 Å². The molecule has 0 spiro atoms. The number of anilines is 1. The lowest BCUT2D eigenvalue weighted by molar-refractivity contribution is -0.137. The number of aliphatic hydroxyl groups is 1. The number of hydrogen-bond donors (Lipinski definition) is 2. The van der Waals surface area contributed by atoms with Crippen LogP contribution in [0.25, 0.3) is 0 Å². The number of aromatic nitrogens is 1. The average molecular weight is 298 g/mol. The van der Waals surface area contributed by atoms with E-state index in [1.807, 2.05) is 0 Å². The monoisotopic (exact) mass is 298 g/mol. The van der Waals surface area contributed by atoms with E-state index in [9.17, 15) is 18.3 Å². The van der Waals surface area contributed by atoms with Gasteiger partial charge in [-0.3, -0.25) is 4.98 Å². The SMILES string of the molecule is COc1cncc(C(O)c2cc(C(F)(F)F)ccc2N)c1. The van der Waals surface area contributed by atoms with Crippen molar-refractivity contribution in [2.45, 2.75) is 12.3 Å². The first-order valence-corrected chi connectivity index (χ1v) is 5.96. The van der Waals surface area contributed by atoms with E-state index in [4.69, 9.17) is 10.5 Å². The standard InChI is InChI=1S/C14H13F3N2O2/c1-21-10-4-8(6-19-7-10)13(20)11-5-9(14(15,16)17)2-3-12(11)18/h2-7,13,20H,18H2,1H3. The highest BCUT2D eigenvalue weighted by Crippen LogP contribution is 2.35. The Labute approximate surface area is 119 Å². The lowest BCUT2D eigenvalue weighted by Crippen LogP contribution is -2.10. The second-order valence-corrected chi connectivity index (χ2v) is 4.40. The third-order valence-corrected chi connectivity index (χ3v) is 2.99. The fourth-order valence-corrected chi connectivity index (χ4v) is 1.86. The van der Waals surface area contributed by atoms with E-state index < -0.39 is 17.8 Å². The van der Waals surface area contributed by atoms with Crippen LogP contribution in [0.2, 0.25) is 0 Å². The van der Waals surface area contributed by atoms with Gasteiger partial charge in [0.2, 0.25) is 0 Å². The first-order valence-electron chi connectivity index (χ1n) is 5.96. The third kappa shape index (κ3) is 3.25. The second-order valence-electron chi connectivity index (χ2n) is 4.40. The molecular formula is C14H13F3N2O2. The van der Waals surface area contributed by atoms with Crippen LogP contribution in [-0.4, -0.2) is 17.2 Å². The number of nitrogens with zero attached hydrogens (tertiary/aromatic N) is 1. The zero-order chi connectivity index (χ0) is 15.6. The number of methoxy groups -OCH3 is 1. The fraction of sp³-hybridized carbons (Fsp3) is 0.214. The Morgan fingerprint density at radius 1 is 1.24 bits per heavy atom. The number of pyridine rings is 1. The van der Waals surface area contributed by atoms with Crippen molar-refractivity contribution in [3.63, 3.8) is 0 Å². The number of nitrogens with two attached hydrogens (primary N) is 1. The number of benzene rings is 1. The molecule has 1 unspecified atom stereocenters. The summed E-state index contributed by atoms with van der Waals surface area (Å²) >= 11 is 0. The topological polar surface area (TPSA) is 68.4 Å².